The lowest BCUT2D eigenvalue weighted by molar-refractivity contribution is 0.312. The van der Waals surface area contributed by atoms with Crippen molar-refractivity contribution in [3.63, 3.8) is 0 Å². The summed E-state index contributed by atoms with van der Waals surface area (Å²) in [5, 5.41) is 3.81. The molecule has 2 aromatic heterocycles. The molecule has 0 saturated heterocycles. The number of ether oxygens (including phenoxy) is 1. The summed E-state index contributed by atoms with van der Waals surface area (Å²) in [4.78, 5) is 3.93. The molecule has 0 aliphatic rings. The van der Waals surface area contributed by atoms with Gasteiger partial charge in [-0.2, -0.15) is 0 Å². The fourth-order valence-corrected chi connectivity index (χ4v) is 1.50. The van der Waals surface area contributed by atoms with Crippen LogP contribution < -0.4 is 10.1 Å². The van der Waals surface area contributed by atoms with Gasteiger partial charge < -0.3 is 14.5 Å². The number of hydrogen-bond donors (Lipinski definition) is 1. The molecule has 4 nitrogen and oxygen atoms in total. The van der Waals surface area contributed by atoms with Gasteiger partial charge in [-0.3, -0.25) is 4.98 Å². The van der Waals surface area contributed by atoms with Crippen LogP contribution in [0.4, 0.5) is 0 Å². The van der Waals surface area contributed by atoms with Crippen molar-refractivity contribution in [3.8, 4) is 5.75 Å². The molecule has 2 rings (SSSR count). The Morgan fingerprint density at radius 2 is 2.35 bits per heavy atom. The van der Waals surface area contributed by atoms with Crippen molar-refractivity contribution < 1.29 is 9.15 Å². The lowest BCUT2D eigenvalue weighted by Crippen LogP contribution is -2.20. The van der Waals surface area contributed by atoms with E-state index in [0.717, 1.165) is 18.7 Å². The third-order valence-electron chi connectivity index (χ3n) is 2.14. The van der Waals surface area contributed by atoms with Crippen LogP contribution >= 0.6 is 11.6 Å². The van der Waals surface area contributed by atoms with Gasteiger partial charge in [0.05, 0.1) is 23.7 Å². The predicted molar refractivity (Wildman–Crippen MR) is 65.2 cm³/mol. The third kappa shape index (κ3) is 4.09. The van der Waals surface area contributed by atoms with Crippen molar-refractivity contribution in [3.05, 3.63) is 47.6 Å². The molecule has 2 aromatic rings. The zero-order valence-electron chi connectivity index (χ0n) is 9.23. The molecule has 0 unspecified atom stereocenters. The summed E-state index contributed by atoms with van der Waals surface area (Å²) in [6, 6.07) is 3.67. The highest BCUT2D eigenvalue weighted by molar-refractivity contribution is 6.30. The lowest BCUT2D eigenvalue weighted by Gasteiger charge is -2.06. The first-order chi connectivity index (χ1) is 8.34. The second-order valence-electron chi connectivity index (χ2n) is 3.50. The predicted octanol–water partition coefficient (Wildman–Crippen LogP) is 2.50. The minimum atomic E-state index is 0.569. The summed E-state index contributed by atoms with van der Waals surface area (Å²) < 4.78 is 10.4. The van der Waals surface area contributed by atoms with Crippen LogP contribution in [-0.4, -0.2) is 18.1 Å². The summed E-state index contributed by atoms with van der Waals surface area (Å²) in [5.74, 6) is 0.683. The minimum absolute atomic E-state index is 0.569. The van der Waals surface area contributed by atoms with Crippen molar-refractivity contribution in [2.45, 2.75) is 6.54 Å². The van der Waals surface area contributed by atoms with E-state index in [2.05, 4.69) is 10.3 Å². The maximum atomic E-state index is 5.78. The van der Waals surface area contributed by atoms with Gasteiger partial charge in [-0.15, -0.1) is 0 Å². The fourth-order valence-electron chi connectivity index (χ4n) is 1.34. The van der Waals surface area contributed by atoms with Crippen LogP contribution in [0.3, 0.4) is 0 Å². The van der Waals surface area contributed by atoms with E-state index >= 15 is 0 Å². The number of nitrogens with zero attached hydrogens (tertiary/aromatic N) is 1. The van der Waals surface area contributed by atoms with Crippen LogP contribution in [0, 0.1) is 0 Å². The highest BCUT2D eigenvalue weighted by Gasteiger charge is 1.96. The first-order valence-corrected chi connectivity index (χ1v) is 5.67. The van der Waals surface area contributed by atoms with E-state index in [4.69, 9.17) is 20.8 Å². The first-order valence-electron chi connectivity index (χ1n) is 5.30. The minimum Gasteiger partial charge on any atom is -0.491 e. The van der Waals surface area contributed by atoms with Gasteiger partial charge in [0.25, 0.3) is 0 Å². The standard InChI is InChI=1S/C12H13ClN2O2/c13-11-5-12(8-15-7-11)17-4-2-14-6-10-1-3-16-9-10/h1,3,5,7-9,14H,2,4,6H2. The zero-order chi connectivity index (χ0) is 11.9. The average molecular weight is 253 g/mol. The van der Waals surface area contributed by atoms with E-state index in [9.17, 15) is 0 Å². The molecule has 0 amide bonds. The van der Waals surface area contributed by atoms with Gasteiger partial charge in [0.2, 0.25) is 0 Å². The molecule has 17 heavy (non-hydrogen) atoms. The van der Waals surface area contributed by atoms with E-state index in [-0.39, 0.29) is 0 Å². The van der Waals surface area contributed by atoms with Gasteiger partial charge in [0, 0.05) is 30.9 Å². The van der Waals surface area contributed by atoms with Crippen LogP contribution in [0.5, 0.6) is 5.75 Å². The normalized spacial score (nSPS) is 10.4. The second-order valence-corrected chi connectivity index (χ2v) is 3.93. The van der Waals surface area contributed by atoms with E-state index < -0.39 is 0 Å². The highest BCUT2D eigenvalue weighted by Crippen LogP contribution is 2.14. The topological polar surface area (TPSA) is 47.3 Å². The van der Waals surface area contributed by atoms with Gasteiger partial charge >= 0.3 is 0 Å². The van der Waals surface area contributed by atoms with Gasteiger partial charge in [-0.05, 0) is 6.07 Å². The molecule has 0 spiro atoms. The van der Waals surface area contributed by atoms with E-state index in [1.54, 1.807) is 31.0 Å². The van der Waals surface area contributed by atoms with Crippen LogP contribution in [0.25, 0.3) is 0 Å². The zero-order valence-corrected chi connectivity index (χ0v) is 9.98. The van der Waals surface area contributed by atoms with Crippen molar-refractivity contribution in [2.75, 3.05) is 13.2 Å². The molecule has 1 N–H and O–H groups in total. The molecule has 5 heteroatoms. The maximum absolute atomic E-state index is 5.78. The Kier molecular flexibility index (Phi) is 4.41. The van der Waals surface area contributed by atoms with E-state index in [0.29, 0.717) is 17.4 Å². The van der Waals surface area contributed by atoms with E-state index in [1.165, 1.54) is 0 Å². The van der Waals surface area contributed by atoms with Gasteiger partial charge in [0.15, 0.2) is 0 Å². The molecule has 0 atom stereocenters. The number of nitrogens with one attached hydrogen (secondary N) is 1. The Bertz CT molecular complexity index is 446. The Morgan fingerprint density at radius 1 is 1.41 bits per heavy atom. The molecular weight excluding hydrogens is 240 g/mol. The fraction of sp³-hybridized carbons (Fsp3) is 0.250. The Morgan fingerprint density at radius 3 is 3.12 bits per heavy atom. The van der Waals surface area contributed by atoms with Crippen molar-refractivity contribution in [2.24, 2.45) is 0 Å². The Balaban J connectivity index is 1.63. The van der Waals surface area contributed by atoms with Crippen LogP contribution in [0.1, 0.15) is 5.56 Å². The largest absolute Gasteiger partial charge is 0.491 e. The first kappa shape index (κ1) is 12.0. The monoisotopic (exact) mass is 252 g/mol. The van der Waals surface area contributed by atoms with Gasteiger partial charge in [-0.25, -0.2) is 0 Å². The van der Waals surface area contributed by atoms with Crippen LogP contribution in [0.15, 0.2) is 41.5 Å². The molecule has 0 aliphatic carbocycles. The summed E-state index contributed by atoms with van der Waals surface area (Å²) in [6.45, 7) is 2.09. The quantitative estimate of drug-likeness (QED) is 0.803. The second kappa shape index (κ2) is 6.27. The molecule has 0 fully saturated rings. The molecule has 2 heterocycles. The Hall–Kier alpha value is -1.52. The molecule has 0 aromatic carbocycles. The number of hydrogen-bond acceptors (Lipinski definition) is 4. The lowest BCUT2D eigenvalue weighted by atomic mass is 10.3. The number of aromatic nitrogens is 1. The maximum Gasteiger partial charge on any atom is 0.139 e. The summed E-state index contributed by atoms with van der Waals surface area (Å²) in [5.41, 5.74) is 1.12. The van der Waals surface area contributed by atoms with Crippen LogP contribution in [0.2, 0.25) is 5.02 Å². The summed E-state index contributed by atoms with van der Waals surface area (Å²) in [6.07, 6.45) is 6.59. The van der Waals surface area contributed by atoms with Gasteiger partial charge in [0.1, 0.15) is 12.4 Å². The number of rotatable bonds is 6. The number of pyridine rings is 1. The molecular formula is C12H13ClN2O2. The van der Waals surface area contributed by atoms with Crippen molar-refractivity contribution >= 4 is 11.6 Å². The average Bonchev–Trinajstić information content (AvgIpc) is 2.82. The smallest absolute Gasteiger partial charge is 0.139 e. The van der Waals surface area contributed by atoms with Gasteiger partial charge in [-0.1, -0.05) is 11.6 Å². The SMILES string of the molecule is Clc1cncc(OCCNCc2ccoc2)c1. The summed E-state index contributed by atoms with van der Waals surface area (Å²) >= 11 is 5.78. The third-order valence-corrected chi connectivity index (χ3v) is 2.34. The molecule has 0 radical (unpaired) electrons. The molecule has 0 saturated carbocycles. The van der Waals surface area contributed by atoms with Crippen LogP contribution in [-0.2, 0) is 6.54 Å². The molecule has 90 valence electrons. The Labute approximate surface area is 105 Å². The van der Waals surface area contributed by atoms with Crippen molar-refractivity contribution in [1.82, 2.24) is 10.3 Å². The number of furan rings is 1. The highest BCUT2D eigenvalue weighted by atomic mass is 35.5. The number of halogens is 1. The van der Waals surface area contributed by atoms with E-state index in [1.807, 2.05) is 6.07 Å². The van der Waals surface area contributed by atoms with Crippen molar-refractivity contribution in [1.29, 1.82) is 0 Å². The summed E-state index contributed by atoms with van der Waals surface area (Å²) in [7, 11) is 0. The molecule has 0 bridgehead atoms. The molecule has 0 aliphatic heterocycles.